The van der Waals surface area contributed by atoms with E-state index >= 15 is 0 Å². The van der Waals surface area contributed by atoms with Crippen molar-refractivity contribution in [1.29, 1.82) is 0 Å². The van der Waals surface area contributed by atoms with E-state index in [4.69, 9.17) is 5.11 Å². The van der Waals surface area contributed by atoms with E-state index < -0.39 is 11.9 Å². The Bertz CT molecular complexity index is 725. The molecule has 2 aromatic heterocycles. The first-order valence-electron chi connectivity index (χ1n) is 5.76. The molecule has 7 nitrogen and oxygen atoms in total. The van der Waals surface area contributed by atoms with Gasteiger partial charge in [0.15, 0.2) is 0 Å². The third-order valence-corrected chi connectivity index (χ3v) is 3.72. The maximum atomic E-state index is 11.9. The lowest BCUT2D eigenvalue weighted by molar-refractivity contribution is -0.116. The fourth-order valence-corrected chi connectivity index (χ4v) is 2.56. The maximum Gasteiger partial charge on any atom is 0.339 e. The summed E-state index contributed by atoms with van der Waals surface area (Å²) < 4.78 is 1.33. The Morgan fingerprint density at radius 3 is 2.70 bits per heavy atom. The van der Waals surface area contributed by atoms with Crippen LogP contribution in [0.15, 0.2) is 16.4 Å². The third-order valence-electron chi connectivity index (χ3n) is 2.84. The van der Waals surface area contributed by atoms with Gasteiger partial charge in [0.2, 0.25) is 5.91 Å². The molecule has 3 N–H and O–H groups in total. The molecule has 0 aliphatic rings. The van der Waals surface area contributed by atoms with Crippen LogP contribution in [0.3, 0.4) is 0 Å². The number of anilines is 1. The lowest BCUT2D eigenvalue weighted by Crippen LogP contribution is -2.25. The van der Waals surface area contributed by atoms with E-state index in [1.54, 1.807) is 19.2 Å². The highest BCUT2D eigenvalue weighted by Crippen LogP contribution is 2.19. The number of aromatic nitrogens is 2. The number of hydrogen-bond acceptors (Lipinski definition) is 4. The fraction of sp³-hybridized carbons (Fsp3) is 0.250. The lowest BCUT2D eigenvalue weighted by Gasteiger charge is -2.06. The second-order valence-corrected chi connectivity index (χ2v) is 5.11. The van der Waals surface area contributed by atoms with Gasteiger partial charge in [0.25, 0.3) is 0 Å². The Labute approximate surface area is 117 Å². The largest absolute Gasteiger partial charge is 0.478 e. The highest BCUT2D eigenvalue weighted by atomic mass is 32.1. The van der Waals surface area contributed by atoms with Gasteiger partial charge < -0.3 is 15.4 Å². The minimum atomic E-state index is -1.12. The van der Waals surface area contributed by atoms with E-state index in [1.165, 1.54) is 10.8 Å². The minimum absolute atomic E-state index is 0.0211. The SMILES string of the molecule is Cc1[nH]cc(NC(=O)Cn2c(C)csc2=O)c1C(=O)O. The first kappa shape index (κ1) is 14.1. The lowest BCUT2D eigenvalue weighted by atomic mass is 10.2. The number of carboxylic acid groups (broad SMARTS) is 1. The zero-order valence-corrected chi connectivity index (χ0v) is 11.7. The van der Waals surface area contributed by atoms with Gasteiger partial charge in [0.1, 0.15) is 12.1 Å². The molecule has 1 amide bonds. The molecule has 2 heterocycles. The Balaban J connectivity index is 2.17. The van der Waals surface area contributed by atoms with E-state index in [-0.39, 0.29) is 22.7 Å². The molecule has 0 unspecified atom stereocenters. The van der Waals surface area contributed by atoms with Gasteiger partial charge in [-0.3, -0.25) is 14.2 Å². The predicted molar refractivity (Wildman–Crippen MR) is 74.4 cm³/mol. The van der Waals surface area contributed by atoms with Crippen LogP contribution < -0.4 is 10.2 Å². The van der Waals surface area contributed by atoms with E-state index in [0.717, 1.165) is 11.3 Å². The summed E-state index contributed by atoms with van der Waals surface area (Å²) in [4.78, 5) is 37.0. The number of aromatic carboxylic acids is 1. The van der Waals surface area contributed by atoms with Crippen LogP contribution in [0, 0.1) is 13.8 Å². The van der Waals surface area contributed by atoms with Crippen molar-refractivity contribution in [1.82, 2.24) is 9.55 Å². The van der Waals surface area contributed by atoms with Gasteiger partial charge >= 0.3 is 10.8 Å². The topological polar surface area (TPSA) is 104 Å². The molecule has 8 heteroatoms. The monoisotopic (exact) mass is 295 g/mol. The number of carbonyl (C=O) groups is 2. The molecule has 0 bridgehead atoms. The van der Waals surface area contributed by atoms with Crippen molar-refractivity contribution in [3.8, 4) is 0 Å². The summed E-state index contributed by atoms with van der Waals surface area (Å²) in [6.07, 6.45) is 1.42. The van der Waals surface area contributed by atoms with Gasteiger partial charge in [-0.05, 0) is 13.8 Å². The van der Waals surface area contributed by atoms with Crippen LogP contribution in [0.4, 0.5) is 5.69 Å². The number of hydrogen-bond donors (Lipinski definition) is 3. The van der Waals surface area contributed by atoms with E-state index in [9.17, 15) is 14.4 Å². The third kappa shape index (κ3) is 2.64. The molecule has 0 aliphatic carbocycles. The number of thiazole rings is 1. The van der Waals surface area contributed by atoms with Crippen LogP contribution in [-0.2, 0) is 11.3 Å². The Morgan fingerprint density at radius 2 is 2.15 bits per heavy atom. The standard InChI is InChI=1S/C12H13N3O4S/c1-6-5-20-12(19)15(6)4-9(16)14-8-3-13-7(2)10(8)11(17)18/h3,5,13H,4H2,1-2H3,(H,14,16)(H,17,18). The van der Waals surface area contributed by atoms with Crippen molar-refractivity contribution < 1.29 is 14.7 Å². The van der Waals surface area contributed by atoms with Crippen molar-refractivity contribution in [2.75, 3.05) is 5.32 Å². The summed E-state index contributed by atoms with van der Waals surface area (Å²) in [5.74, 6) is -1.57. The molecule has 106 valence electrons. The number of aryl methyl sites for hydroxylation is 2. The van der Waals surface area contributed by atoms with Crippen molar-refractivity contribution in [2.45, 2.75) is 20.4 Å². The predicted octanol–water partition coefficient (Wildman–Crippen LogP) is 1.19. The fourth-order valence-electron chi connectivity index (χ4n) is 1.83. The van der Waals surface area contributed by atoms with Crippen LogP contribution in [0.1, 0.15) is 21.7 Å². The average Bonchev–Trinajstić information content (AvgIpc) is 2.87. The Kier molecular flexibility index (Phi) is 3.75. The average molecular weight is 295 g/mol. The molecule has 0 atom stereocenters. The van der Waals surface area contributed by atoms with Crippen molar-refractivity contribution in [3.05, 3.63) is 38.2 Å². The molecule has 2 rings (SSSR count). The molecular weight excluding hydrogens is 282 g/mol. The van der Waals surface area contributed by atoms with Crippen molar-refractivity contribution >= 4 is 28.9 Å². The van der Waals surface area contributed by atoms with Crippen molar-refractivity contribution in [2.24, 2.45) is 0 Å². The van der Waals surface area contributed by atoms with Gasteiger partial charge in [-0.1, -0.05) is 11.3 Å². The molecule has 20 heavy (non-hydrogen) atoms. The smallest absolute Gasteiger partial charge is 0.339 e. The van der Waals surface area contributed by atoms with Crippen LogP contribution in [0.5, 0.6) is 0 Å². The molecule has 0 saturated heterocycles. The van der Waals surface area contributed by atoms with Gasteiger partial charge in [0.05, 0.1) is 5.69 Å². The number of carboxylic acids is 1. The number of amides is 1. The van der Waals surface area contributed by atoms with Crippen LogP contribution in [0.2, 0.25) is 0 Å². The van der Waals surface area contributed by atoms with Gasteiger partial charge in [-0.15, -0.1) is 0 Å². The Morgan fingerprint density at radius 1 is 1.45 bits per heavy atom. The highest BCUT2D eigenvalue weighted by molar-refractivity contribution is 7.07. The number of nitrogens with zero attached hydrogens (tertiary/aromatic N) is 1. The summed E-state index contributed by atoms with van der Waals surface area (Å²) in [6, 6.07) is 0. The van der Waals surface area contributed by atoms with Crippen LogP contribution >= 0.6 is 11.3 Å². The van der Waals surface area contributed by atoms with Crippen LogP contribution in [0.25, 0.3) is 0 Å². The minimum Gasteiger partial charge on any atom is -0.478 e. The quantitative estimate of drug-likeness (QED) is 0.788. The summed E-state index contributed by atoms with van der Waals surface area (Å²) in [7, 11) is 0. The zero-order valence-electron chi connectivity index (χ0n) is 10.9. The van der Waals surface area contributed by atoms with E-state index in [0.29, 0.717) is 11.4 Å². The maximum absolute atomic E-state index is 11.9. The summed E-state index contributed by atoms with van der Waals surface area (Å²) in [6.45, 7) is 3.19. The molecule has 0 radical (unpaired) electrons. The highest BCUT2D eigenvalue weighted by Gasteiger charge is 2.17. The number of nitrogens with one attached hydrogen (secondary N) is 2. The first-order chi connectivity index (χ1) is 9.40. The molecular formula is C12H13N3O4S. The second kappa shape index (κ2) is 5.33. The number of carbonyl (C=O) groups excluding carboxylic acids is 1. The first-order valence-corrected chi connectivity index (χ1v) is 6.64. The molecule has 0 aliphatic heterocycles. The number of H-pyrrole nitrogens is 1. The van der Waals surface area contributed by atoms with E-state index in [2.05, 4.69) is 10.3 Å². The zero-order chi connectivity index (χ0) is 14.9. The van der Waals surface area contributed by atoms with E-state index in [1.807, 2.05) is 0 Å². The molecule has 0 aromatic carbocycles. The van der Waals surface area contributed by atoms with Gasteiger partial charge in [-0.2, -0.15) is 0 Å². The number of aromatic amines is 1. The van der Waals surface area contributed by atoms with Gasteiger partial charge in [0, 0.05) is 23.0 Å². The second-order valence-electron chi connectivity index (χ2n) is 4.28. The Hall–Kier alpha value is -2.35. The van der Waals surface area contributed by atoms with Gasteiger partial charge in [-0.25, -0.2) is 4.79 Å². The van der Waals surface area contributed by atoms with Crippen LogP contribution in [-0.4, -0.2) is 26.5 Å². The molecule has 0 spiro atoms. The molecule has 0 saturated carbocycles. The summed E-state index contributed by atoms with van der Waals surface area (Å²) in [5, 5.41) is 13.2. The van der Waals surface area contributed by atoms with Crippen molar-refractivity contribution in [3.63, 3.8) is 0 Å². The summed E-state index contributed by atoms with van der Waals surface area (Å²) >= 11 is 1.02. The summed E-state index contributed by atoms with van der Waals surface area (Å²) in [5.41, 5.74) is 1.37. The number of rotatable bonds is 4. The molecule has 0 fully saturated rings. The normalized spacial score (nSPS) is 10.5. The molecule has 2 aromatic rings.